The standard InChI is InChI=1S/C13H17NO5/c1-8(2)19-13(18)14-10(11(15)12(16)17)9-6-4-3-5-7-9/h3-8,10-11,15H,1-2H3,(H,14,18)(H,16,17)/t10-,11+/m0/s1. The summed E-state index contributed by atoms with van der Waals surface area (Å²) in [7, 11) is 0. The van der Waals surface area contributed by atoms with Crippen molar-refractivity contribution >= 4 is 12.1 Å². The van der Waals surface area contributed by atoms with E-state index in [4.69, 9.17) is 9.84 Å². The molecule has 0 fully saturated rings. The molecule has 1 amide bonds. The van der Waals surface area contributed by atoms with Gasteiger partial charge in [0.15, 0.2) is 6.10 Å². The zero-order chi connectivity index (χ0) is 14.4. The first-order valence-electron chi connectivity index (χ1n) is 5.84. The van der Waals surface area contributed by atoms with Crippen LogP contribution in [-0.4, -0.2) is 34.5 Å². The van der Waals surface area contributed by atoms with Gasteiger partial charge in [0.2, 0.25) is 0 Å². The van der Waals surface area contributed by atoms with E-state index in [0.717, 1.165) is 0 Å². The molecule has 1 aromatic rings. The molecule has 1 rings (SSSR count). The quantitative estimate of drug-likeness (QED) is 0.747. The topological polar surface area (TPSA) is 95.9 Å². The SMILES string of the molecule is CC(C)OC(=O)N[C@@H](c1ccccc1)[C@@H](O)C(=O)O. The van der Waals surface area contributed by atoms with Crippen LogP contribution >= 0.6 is 0 Å². The van der Waals surface area contributed by atoms with E-state index in [0.29, 0.717) is 5.56 Å². The van der Waals surface area contributed by atoms with Gasteiger partial charge in [-0.15, -0.1) is 0 Å². The summed E-state index contributed by atoms with van der Waals surface area (Å²) in [6.07, 6.45) is -2.86. The zero-order valence-electron chi connectivity index (χ0n) is 10.7. The van der Waals surface area contributed by atoms with Crippen LogP contribution in [0.5, 0.6) is 0 Å². The van der Waals surface area contributed by atoms with Crippen LogP contribution in [0.1, 0.15) is 25.5 Å². The maximum Gasteiger partial charge on any atom is 0.407 e. The van der Waals surface area contributed by atoms with Gasteiger partial charge in [0.1, 0.15) is 0 Å². The number of carboxylic acids is 1. The molecule has 3 N–H and O–H groups in total. The van der Waals surface area contributed by atoms with Crippen molar-refractivity contribution in [3.8, 4) is 0 Å². The van der Waals surface area contributed by atoms with Crippen molar-refractivity contribution < 1.29 is 24.5 Å². The third kappa shape index (κ3) is 4.59. The van der Waals surface area contributed by atoms with E-state index < -0.39 is 24.2 Å². The van der Waals surface area contributed by atoms with E-state index in [1.54, 1.807) is 44.2 Å². The molecule has 2 atom stereocenters. The summed E-state index contributed by atoms with van der Waals surface area (Å²) < 4.78 is 4.88. The Morgan fingerprint density at radius 1 is 1.21 bits per heavy atom. The first kappa shape index (κ1) is 15.0. The molecule has 0 unspecified atom stereocenters. The number of aliphatic carboxylic acids is 1. The van der Waals surface area contributed by atoms with E-state index in [-0.39, 0.29) is 6.10 Å². The first-order chi connectivity index (χ1) is 8.91. The predicted molar refractivity (Wildman–Crippen MR) is 67.6 cm³/mol. The average Bonchev–Trinajstić information content (AvgIpc) is 2.35. The van der Waals surface area contributed by atoms with Gasteiger partial charge in [-0.2, -0.15) is 0 Å². The van der Waals surface area contributed by atoms with E-state index in [1.807, 2.05) is 0 Å². The number of hydrogen-bond acceptors (Lipinski definition) is 4. The molecule has 1 aromatic carbocycles. The minimum absolute atomic E-state index is 0.335. The van der Waals surface area contributed by atoms with Crippen LogP contribution in [-0.2, 0) is 9.53 Å². The second-order valence-electron chi connectivity index (χ2n) is 4.27. The van der Waals surface area contributed by atoms with Crippen molar-refractivity contribution in [1.82, 2.24) is 5.32 Å². The summed E-state index contributed by atoms with van der Waals surface area (Å²) >= 11 is 0. The minimum atomic E-state index is -1.75. The fourth-order valence-corrected chi connectivity index (χ4v) is 1.52. The van der Waals surface area contributed by atoms with E-state index in [1.165, 1.54) is 0 Å². The molecular formula is C13H17NO5. The Morgan fingerprint density at radius 2 is 1.79 bits per heavy atom. The number of carbonyl (C=O) groups excluding carboxylic acids is 1. The normalized spacial score (nSPS) is 13.7. The summed E-state index contributed by atoms with van der Waals surface area (Å²) in [6, 6.07) is 7.29. The Labute approximate surface area is 111 Å². The summed E-state index contributed by atoms with van der Waals surface area (Å²) in [5.74, 6) is -1.42. The van der Waals surface area contributed by atoms with E-state index >= 15 is 0 Å². The molecular weight excluding hydrogens is 250 g/mol. The van der Waals surface area contributed by atoms with Crippen LogP contribution < -0.4 is 5.32 Å². The Kier molecular flexibility index (Phi) is 5.32. The highest BCUT2D eigenvalue weighted by Gasteiger charge is 2.29. The molecule has 104 valence electrons. The number of amides is 1. The average molecular weight is 267 g/mol. The van der Waals surface area contributed by atoms with Gasteiger partial charge >= 0.3 is 12.1 Å². The lowest BCUT2D eigenvalue weighted by Gasteiger charge is -2.22. The lowest BCUT2D eigenvalue weighted by atomic mass is 10.0. The van der Waals surface area contributed by atoms with Crippen molar-refractivity contribution in [3.05, 3.63) is 35.9 Å². The van der Waals surface area contributed by atoms with Crippen LogP contribution in [0.15, 0.2) is 30.3 Å². The molecule has 0 aliphatic rings. The minimum Gasteiger partial charge on any atom is -0.479 e. The molecule has 0 aliphatic carbocycles. The molecule has 0 radical (unpaired) electrons. The number of benzene rings is 1. The molecule has 0 saturated heterocycles. The molecule has 6 nitrogen and oxygen atoms in total. The highest BCUT2D eigenvalue weighted by molar-refractivity contribution is 5.75. The third-order valence-corrected chi connectivity index (χ3v) is 2.34. The fraction of sp³-hybridized carbons (Fsp3) is 0.385. The highest BCUT2D eigenvalue weighted by Crippen LogP contribution is 2.17. The number of carboxylic acid groups (broad SMARTS) is 1. The van der Waals surface area contributed by atoms with E-state index in [2.05, 4.69) is 5.32 Å². The van der Waals surface area contributed by atoms with Gasteiger partial charge < -0.3 is 20.3 Å². The summed E-state index contributed by atoms with van der Waals surface area (Å²) in [4.78, 5) is 22.4. The number of aliphatic hydroxyl groups excluding tert-OH is 1. The van der Waals surface area contributed by atoms with Crippen molar-refractivity contribution in [2.75, 3.05) is 0 Å². The predicted octanol–water partition coefficient (Wildman–Crippen LogP) is 1.31. The summed E-state index contributed by atoms with van der Waals surface area (Å²) in [6.45, 7) is 3.34. The van der Waals surface area contributed by atoms with Crippen molar-refractivity contribution in [3.63, 3.8) is 0 Å². The number of hydrogen-bond donors (Lipinski definition) is 3. The van der Waals surface area contributed by atoms with Crippen LogP contribution in [0.2, 0.25) is 0 Å². The van der Waals surface area contributed by atoms with Crippen molar-refractivity contribution in [2.45, 2.75) is 32.1 Å². The van der Waals surface area contributed by atoms with Crippen LogP contribution in [0.25, 0.3) is 0 Å². The number of rotatable bonds is 5. The van der Waals surface area contributed by atoms with Crippen molar-refractivity contribution in [2.24, 2.45) is 0 Å². The molecule has 0 heterocycles. The smallest absolute Gasteiger partial charge is 0.407 e. The largest absolute Gasteiger partial charge is 0.479 e. The van der Waals surface area contributed by atoms with Gasteiger partial charge in [-0.05, 0) is 19.4 Å². The first-order valence-corrected chi connectivity index (χ1v) is 5.84. The van der Waals surface area contributed by atoms with Gasteiger partial charge in [0, 0.05) is 0 Å². The molecule has 19 heavy (non-hydrogen) atoms. The molecule has 0 aliphatic heterocycles. The second-order valence-corrected chi connectivity index (χ2v) is 4.27. The Hall–Kier alpha value is -2.08. The number of nitrogens with one attached hydrogen (secondary N) is 1. The number of carbonyl (C=O) groups is 2. The van der Waals surface area contributed by atoms with Crippen LogP contribution in [0.3, 0.4) is 0 Å². The molecule has 0 aromatic heterocycles. The Morgan fingerprint density at radius 3 is 2.26 bits per heavy atom. The molecule has 6 heteroatoms. The number of ether oxygens (including phenoxy) is 1. The summed E-state index contributed by atoms with van der Waals surface area (Å²) in [5.41, 5.74) is 0.484. The number of alkyl carbamates (subject to hydrolysis) is 1. The Balaban J connectivity index is 2.88. The maximum atomic E-state index is 11.5. The van der Waals surface area contributed by atoms with Gasteiger partial charge in [-0.1, -0.05) is 30.3 Å². The van der Waals surface area contributed by atoms with Crippen LogP contribution in [0.4, 0.5) is 4.79 Å². The van der Waals surface area contributed by atoms with Crippen LogP contribution in [0, 0.1) is 0 Å². The van der Waals surface area contributed by atoms with Gasteiger partial charge in [0.25, 0.3) is 0 Å². The Bertz CT molecular complexity index is 432. The number of aliphatic hydroxyl groups is 1. The van der Waals surface area contributed by atoms with Crippen molar-refractivity contribution in [1.29, 1.82) is 0 Å². The lowest BCUT2D eigenvalue weighted by molar-refractivity contribution is -0.148. The third-order valence-electron chi connectivity index (χ3n) is 2.34. The maximum absolute atomic E-state index is 11.5. The monoisotopic (exact) mass is 267 g/mol. The summed E-state index contributed by atoms with van der Waals surface area (Å²) in [5, 5.41) is 20.9. The molecule has 0 bridgehead atoms. The van der Waals surface area contributed by atoms with E-state index in [9.17, 15) is 14.7 Å². The lowest BCUT2D eigenvalue weighted by Crippen LogP contribution is -2.41. The van der Waals surface area contributed by atoms with Gasteiger partial charge in [0.05, 0.1) is 12.1 Å². The second kappa shape index (κ2) is 6.75. The fourth-order valence-electron chi connectivity index (χ4n) is 1.52. The van der Waals surface area contributed by atoms with Gasteiger partial charge in [-0.25, -0.2) is 9.59 Å². The zero-order valence-corrected chi connectivity index (χ0v) is 10.7. The molecule has 0 spiro atoms. The van der Waals surface area contributed by atoms with Gasteiger partial charge in [-0.3, -0.25) is 0 Å². The molecule has 0 saturated carbocycles. The highest BCUT2D eigenvalue weighted by atomic mass is 16.6.